The Labute approximate surface area is 275 Å². The predicted molar refractivity (Wildman–Crippen MR) is 196 cm³/mol. The van der Waals surface area contributed by atoms with Gasteiger partial charge in [-0.05, 0) is 0 Å². The Morgan fingerprint density at radius 2 is 0.936 bits per heavy atom. The molecule has 0 fully saturated rings. The van der Waals surface area contributed by atoms with Crippen molar-refractivity contribution < 1.29 is 23.8 Å². The van der Waals surface area contributed by atoms with Gasteiger partial charge in [0.1, 0.15) is 0 Å². The molecule has 0 unspecified atom stereocenters. The quantitative estimate of drug-likeness (QED) is 0.211. The fraction of sp³-hybridized carbons (Fsp3) is 0.100. The van der Waals surface area contributed by atoms with Crippen molar-refractivity contribution in [2.75, 3.05) is 26.9 Å². The second kappa shape index (κ2) is 11.2. The Morgan fingerprint density at radius 1 is 0.511 bits per heavy atom. The summed E-state index contributed by atoms with van der Waals surface area (Å²) in [6, 6.07) is 49.5. The molecule has 0 atom stereocenters. The second-order valence-corrected chi connectivity index (χ2v) is 20.3. The Hall–Kier alpha value is -4.66. The van der Waals surface area contributed by atoms with Gasteiger partial charge < -0.3 is 0 Å². The fourth-order valence-electron chi connectivity index (χ4n) is 7.13. The minimum absolute atomic E-state index is 0.0824. The Morgan fingerprint density at radius 3 is 1.43 bits per heavy atom. The molecule has 0 aliphatic carbocycles. The molecule has 1 N–H and O–H groups in total. The van der Waals surface area contributed by atoms with E-state index >= 15 is 0 Å². The summed E-state index contributed by atoms with van der Waals surface area (Å²) in [5.74, 6) is 2.53. The summed E-state index contributed by atoms with van der Waals surface area (Å²) < 4.78 is 24.9. The molecule has 2 aliphatic heterocycles. The van der Waals surface area contributed by atoms with Crippen LogP contribution in [-0.2, 0) is 0 Å². The Kier molecular flexibility index (Phi) is 7.11. The van der Waals surface area contributed by atoms with Crippen LogP contribution in [0.25, 0.3) is 11.1 Å². The van der Waals surface area contributed by atoms with Gasteiger partial charge in [-0.1, -0.05) is 0 Å². The van der Waals surface area contributed by atoms with Gasteiger partial charge in [0.2, 0.25) is 0 Å². The van der Waals surface area contributed by atoms with Crippen molar-refractivity contribution in [3.63, 3.8) is 0 Å². The first-order valence-electron chi connectivity index (χ1n) is 15.6. The molecule has 0 bridgehead atoms. The van der Waals surface area contributed by atoms with E-state index in [0.29, 0.717) is 23.0 Å². The van der Waals surface area contributed by atoms with Gasteiger partial charge in [-0.15, -0.1) is 0 Å². The van der Waals surface area contributed by atoms with Crippen molar-refractivity contribution >= 4 is 45.9 Å². The molecular formula is C40H35O5P2+. The maximum atomic E-state index is 13.8. The van der Waals surface area contributed by atoms with Crippen molar-refractivity contribution in [3.05, 3.63) is 146 Å². The SMILES string of the molecule is C[P+](c1ccccc1)(c1ccccc1)c1ccc2c(c1-c1c(P(C)(O)(c3ccccc3)c3ccccc3)ccc3c1OCO3)OCO2. The molecule has 0 aromatic heterocycles. The van der Waals surface area contributed by atoms with Crippen molar-refractivity contribution in [2.24, 2.45) is 0 Å². The molecule has 2 aliphatic rings. The van der Waals surface area contributed by atoms with Crippen LogP contribution < -0.4 is 50.8 Å². The first-order chi connectivity index (χ1) is 22.9. The number of ether oxygens (including phenoxy) is 4. The molecule has 7 heteroatoms. The molecule has 6 aromatic carbocycles. The average Bonchev–Trinajstić information content (AvgIpc) is 3.82. The van der Waals surface area contributed by atoms with E-state index in [1.165, 1.54) is 10.6 Å². The van der Waals surface area contributed by atoms with Gasteiger partial charge in [-0.25, -0.2) is 0 Å². The van der Waals surface area contributed by atoms with Crippen LogP contribution in [0.4, 0.5) is 0 Å². The summed E-state index contributed by atoms with van der Waals surface area (Å²) in [5.41, 5.74) is 1.63. The van der Waals surface area contributed by atoms with Gasteiger partial charge in [0.05, 0.1) is 0 Å². The van der Waals surface area contributed by atoms with Crippen molar-refractivity contribution in [1.82, 2.24) is 0 Å². The average molecular weight is 658 g/mol. The van der Waals surface area contributed by atoms with E-state index in [2.05, 4.69) is 73.4 Å². The van der Waals surface area contributed by atoms with Gasteiger partial charge in [0.15, 0.2) is 0 Å². The van der Waals surface area contributed by atoms with Crippen LogP contribution in [0.1, 0.15) is 0 Å². The minimum atomic E-state index is -4.17. The first kappa shape index (κ1) is 29.7. The van der Waals surface area contributed by atoms with Crippen LogP contribution in [-0.4, -0.2) is 31.8 Å². The second-order valence-electron chi connectivity index (χ2n) is 12.2. The summed E-state index contributed by atoms with van der Waals surface area (Å²) in [5, 5.41) is 6.02. The fourth-order valence-corrected chi connectivity index (χ4v) is 14.4. The Bertz CT molecular complexity index is 2000. The van der Waals surface area contributed by atoms with Crippen LogP contribution >= 0.6 is 14.1 Å². The van der Waals surface area contributed by atoms with Crippen LogP contribution in [0.15, 0.2) is 146 Å². The summed E-state index contributed by atoms with van der Waals surface area (Å²) in [6.07, 6.45) is 0. The molecule has 0 spiro atoms. The molecule has 2 heterocycles. The van der Waals surface area contributed by atoms with Crippen LogP contribution in [0, 0.1) is 0 Å². The number of benzene rings is 6. The van der Waals surface area contributed by atoms with E-state index in [0.717, 1.165) is 32.3 Å². The van der Waals surface area contributed by atoms with E-state index in [1.807, 2.05) is 85.5 Å². The van der Waals surface area contributed by atoms with Crippen LogP contribution in [0.2, 0.25) is 0 Å². The molecule has 0 saturated carbocycles. The van der Waals surface area contributed by atoms with E-state index < -0.39 is 14.1 Å². The molecule has 0 amide bonds. The molecule has 8 rings (SSSR count). The maximum absolute atomic E-state index is 13.8. The first-order valence-corrected chi connectivity index (χ1v) is 20.5. The number of rotatable bonds is 7. The van der Waals surface area contributed by atoms with Gasteiger partial charge in [-0.3, -0.25) is 0 Å². The standard InChI is InChI=1S/C40H35O5P2/c1-46(29-15-7-3-8-16-29,30-17-9-4-10-18-30)35-25-23-33-39(44-27-42-33)37(35)38-36(26-24-34-40(38)45-28-43-34)47(2,41,31-19-11-5-12-20-31)32-21-13-6-14-22-32/h3-26,41H,27-28H2,1-2H3/q+1. The molecular weight excluding hydrogens is 622 g/mol. The third-order valence-corrected chi connectivity index (χ3v) is 18.4. The zero-order chi connectivity index (χ0) is 32.1. The van der Waals surface area contributed by atoms with Gasteiger partial charge in [-0.2, -0.15) is 0 Å². The van der Waals surface area contributed by atoms with E-state index in [4.69, 9.17) is 18.9 Å². The summed E-state index contributed by atoms with van der Waals surface area (Å²) in [7, 11) is -2.32. The third kappa shape index (κ3) is 4.49. The van der Waals surface area contributed by atoms with Crippen molar-refractivity contribution in [2.45, 2.75) is 0 Å². The van der Waals surface area contributed by atoms with Gasteiger partial charge in [0, 0.05) is 0 Å². The van der Waals surface area contributed by atoms with Crippen molar-refractivity contribution in [3.8, 4) is 34.1 Å². The predicted octanol–water partition coefficient (Wildman–Crippen LogP) is 6.10. The molecule has 47 heavy (non-hydrogen) atoms. The van der Waals surface area contributed by atoms with Crippen molar-refractivity contribution in [1.29, 1.82) is 0 Å². The third-order valence-electron chi connectivity index (χ3n) is 9.68. The van der Waals surface area contributed by atoms with Gasteiger partial charge >= 0.3 is 276 Å². The molecule has 0 saturated heterocycles. The number of fused-ring (bicyclic) bond motifs is 2. The zero-order valence-electron chi connectivity index (χ0n) is 26.2. The topological polar surface area (TPSA) is 57.2 Å². The normalized spacial score (nSPS) is 14.4. The summed E-state index contributed by atoms with van der Waals surface area (Å²) in [4.78, 5) is 13.8. The summed E-state index contributed by atoms with van der Waals surface area (Å²) in [6.45, 7) is 0.390. The molecule has 0 radical (unpaired) electrons. The van der Waals surface area contributed by atoms with Crippen LogP contribution in [0.5, 0.6) is 23.0 Å². The van der Waals surface area contributed by atoms with Crippen LogP contribution in [0.3, 0.4) is 0 Å². The zero-order valence-corrected chi connectivity index (χ0v) is 28.0. The number of hydrogen-bond acceptors (Lipinski definition) is 5. The Balaban J connectivity index is 1.54. The van der Waals surface area contributed by atoms with E-state index in [-0.39, 0.29) is 13.6 Å². The monoisotopic (exact) mass is 657 g/mol. The van der Waals surface area contributed by atoms with E-state index in [9.17, 15) is 4.89 Å². The molecule has 5 nitrogen and oxygen atoms in total. The van der Waals surface area contributed by atoms with Gasteiger partial charge in [0.25, 0.3) is 0 Å². The molecule has 6 aromatic rings. The number of hydrogen-bond donors (Lipinski definition) is 1. The molecule has 234 valence electrons. The summed E-state index contributed by atoms with van der Waals surface area (Å²) >= 11 is 0. The van der Waals surface area contributed by atoms with E-state index in [1.54, 1.807) is 0 Å².